The quantitative estimate of drug-likeness (QED) is 0.498. The van der Waals surface area contributed by atoms with Gasteiger partial charge in [-0.05, 0) is 36.8 Å². The molecule has 2 aromatic carbocycles. The van der Waals surface area contributed by atoms with Crippen molar-refractivity contribution in [3.8, 4) is 16.3 Å². The summed E-state index contributed by atoms with van der Waals surface area (Å²) in [6.07, 6.45) is -4.44. The highest BCUT2D eigenvalue weighted by molar-refractivity contribution is 7.15. The first-order valence-electron chi connectivity index (χ1n) is 9.22. The summed E-state index contributed by atoms with van der Waals surface area (Å²) in [6.45, 7) is 4.22. The van der Waals surface area contributed by atoms with Gasteiger partial charge < -0.3 is 9.84 Å². The number of carboxylic acid groups (broad SMARTS) is 1. The average molecular weight is 435 g/mol. The Balaban J connectivity index is 1.70. The van der Waals surface area contributed by atoms with Crippen molar-refractivity contribution >= 4 is 17.3 Å². The third-order valence-corrected chi connectivity index (χ3v) is 5.93. The van der Waals surface area contributed by atoms with Crippen LogP contribution in [0.5, 0.6) is 5.75 Å². The van der Waals surface area contributed by atoms with E-state index in [1.54, 1.807) is 24.3 Å². The number of carbonyl (C=O) groups is 1. The highest BCUT2D eigenvalue weighted by Gasteiger charge is 2.30. The molecule has 30 heavy (non-hydrogen) atoms. The van der Waals surface area contributed by atoms with Gasteiger partial charge in [-0.1, -0.05) is 31.2 Å². The molecule has 0 aliphatic heterocycles. The number of benzene rings is 2. The first-order chi connectivity index (χ1) is 14.1. The molecule has 3 aromatic rings. The number of aromatic nitrogens is 1. The Morgan fingerprint density at radius 2 is 1.90 bits per heavy atom. The molecule has 0 amide bonds. The first-order valence-corrected chi connectivity index (χ1v) is 10.0. The number of thiazole rings is 1. The Morgan fingerprint density at radius 1 is 1.20 bits per heavy atom. The standard InChI is InChI=1S/C22H20F3NO3S/c1-13(12-29-18-5-3-4-15(10-18)11-19(27)28)20-14(2)26-21(30-20)16-6-8-17(9-7-16)22(23,24)25/h3-10,13H,11-12H2,1-2H3,(H,27,28). The molecule has 0 saturated carbocycles. The second-order valence-electron chi connectivity index (χ2n) is 6.97. The maximum atomic E-state index is 12.8. The number of rotatable bonds is 7. The Labute approximate surface area is 176 Å². The maximum absolute atomic E-state index is 12.8. The first kappa shape index (κ1) is 21.8. The van der Waals surface area contributed by atoms with Crippen LogP contribution in [0.4, 0.5) is 13.2 Å². The predicted molar refractivity (Wildman–Crippen MR) is 109 cm³/mol. The molecule has 1 heterocycles. The van der Waals surface area contributed by atoms with Crippen LogP contribution in [0.2, 0.25) is 0 Å². The summed E-state index contributed by atoms with van der Waals surface area (Å²) in [5.74, 6) is -0.309. The molecular weight excluding hydrogens is 415 g/mol. The number of hydrogen-bond donors (Lipinski definition) is 1. The third-order valence-electron chi connectivity index (χ3n) is 4.49. The molecule has 0 fully saturated rings. The lowest BCUT2D eigenvalue weighted by Crippen LogP contribution is -2.07. The Bertz CT molecular complexity index is 1030. The minimum atomic E-state index is -4.36. The topological polar surface area (TPSA) is 59.4 Å². The molecule has 4 nitrogen and oxygen atoms in total. The van der Waals surface area contributed by atoms with Crippen molar-refractivity contribution in [2.45, 2.75) is 32.4 Å². The van der Waals surface area contributed by atoms with E-state index in [-0.39, 0.29) is 12.3 Å². The number of hydrogen-bond acceptors (Lipinski definition) is 4. The van der Waals surface area contributed by atoms with Gasteiger partial charge >= 0.3 is 12.1 Å². The number of alkyl halides is 3. The van der Waals surface area contributed by atoms with Crippen LogP contribution in [0.15, 0.2) is 48.5 Å². The summed E-state index contributed by atoms with van der Waals surface area (Å²) < 4.78 is 44.1. The Hall–Kier alpha value is -2.87. The molecule has 0 saturated heterocycles. The third kappa shape index (κ3) is 5.38. The summed E-state index contributed by atoms with van der Waals surface area (Å²) in [4.78, 5) is 16.4. The minimum absolute atomic E-state index is 0.00817. The van der Waals surface area contributed by atoms with E-state index in [0.29, 0.717) is 28.5 Å². The summed E-state index contributed by atoms with van der Waals surface area (Å²) in [6, 6.07) is 11.9. The molecule has 0 aliphatic rings. The van der Waals surface area contributed by atoms with Crippen LogP contribution in [-0.2, 0) is 17.4 Å². The predicted octanol–water partition coefficient (Wildman–Crippen LogP) is 5.95. The molecule has 3 rings (SSSR count). The fourth-order valence-electron chi connectivity index (χ4n) is 3.01. The number of nitrogens with zero attached hydrogens (tertiary/aromatic N) is 1. The van der Waals surface area contributed by atoms with E-state index in [0.717, 1.165) is 22.7 Å². The van der Waals surface area contributed by atoms with Crippen LogP contribution in [0.1, 0.15) is 34.5 Å². The van der Waals surface area contributed by atoms with Gasteiger partial charge in [0.25, 0.3) is 0 Å². The van der Waals surface area contributed by atoms with Crippen molar-refractivity contribution in [3.63, 3.8) is 0 Å². The van der Waals surface area contributed by atoms with Gasteiger partial charge in [0.05, 0.1) is 24.3 Å². The van der Waals surface area contributed by atoms with E-state index >= 15 is 0 Å². The highest BCUT2D eigenvalue weighted by atomic mass is 32.1. The van der Waals surface area contributed by atoms with E-state index in [1.807, 2.05) is 13.8 Å². The van der Waals surface area contributed by atoms with Gasteiger partial charge in [-0.25, -0.2) is 4.98 Å². The van der Waals surface area contributed by atoms with E-state index in [9.17, 15) is 18.0 Å². The van der Waals surface area contributed by atoms with Gasteiger partial charge in [-0.15, -0.1) is 11.3 Å². The van der Waals surface area contributed by atoms with E-state index < -0.39 is 17.7 Å². The number of aliphatic carboxylic acids is 1. The van der Waals surface area contributed by atoms with Crippen LogP contribution >= 0.6 is 11.3 Å². The second kappa shape index (κ2) is 8.87. The van der Waals surface area contributed by atoms with Gasteiger partial charge in [0.1, 0.15) is 10.8 Å². The lowest BCUT2D eigenvalue weighted by atomic mass is 10.1. The van der Waals surface area contributed by atoms with Crippen molar-refractivity contribution < 1.29 is 27.8 Å². The van der Waals surface area contributed by atoms with Crippen LogP contribution in [0.25, 0.3) is 10.6 Å². The van der Waals surface area contributed by atoms with Crippen LogP contribution < -0.4 is 4.74 Å². The summed E-state index contributed by atoms with van der Waals surface area (Å²) >= 11 is 1.43. The van der Waals surface area contributed by atoms with Crippen molar-refractivity contribution in [2.75, 3.05) is 6.61 Å². The van der Waals surface area contributed by atoms with Crippen molar-refractivity contribution in [2.24, 2.45) is 0 Å². The maximum Gasteiger partial charge on any atom is 0.416 e. The second-order valence-corrected chi connectivity index (χ2v) is 8.00. The monoisotopic (exact) mass is 435 g/mol. The largest absolute Gasteiger partial charge is 0.493 e. The molecular formula is C22H20F3NO3S. The van der Waals surface area contributed by atoms with Gasteiger partial charge in [0.2, 0.25) is 0 Å². The van der Waals surface area contributed by atoms with Crippen LogP contribution in [0.3, 0.4) is 0 Å². The van der Waals surface area contributed by atoms with Gasteiger partial charge in [-0.2, -0.15) is 13.2 Å². The molecule has 0 radical (unpaired) electrons. The van der Waals surface area contributed by atoms with Crippen LogP contribution in [-0.4, -0.2) is 22.7 Å². The van der Waals surface area contributed by atoms with Crippen molar-refractivity contribution in [1.82, 2.24) is 4.98 Å². The van der Waals surface area contributed by atoms with E-state index in [2.05, 4.69) is 4.98 Å². The molecule has 1 aromatic heterocycles. The molecule has 8 heteroatoms. The summed E-state index contributed by atoms with van der Waals surface area (Å²) in [5.41, 5.74) is 1.42. The summed E-state index contributed by atoms with van der Waals surface area (Å²) in [7, 11) is 0. The highest BCUT2D eigenvalue weighted by Crippen LogP contribution is 2.35. The van der Waals surface area contributed by atoms with Crippen molar-refractivity contribution in [3.05, 3.63) is 70.2 Å². The van der Waals surface area contributed by atoms with E-state index in [1.165, 1.54) is 23.5 Å². The molecule has 0 bridgehead atoms. The summed E-state index contributed by atoms with van der Waals surface area (Å²) in [5, 5.41) is 9.56. The number of ether oxygens (including phenoxy) is 1. The van der Waals surface area contributed by atoms with E-state index in [4.69, 9.17) is 9.84 Å². The SMILES string of the molecule is Cc1nc(-c2ccc(C(F)(F)F)cc2)sc1C(C)COc1cccc(CC(=O)O)c1. The minimum Gasteiger partial charge on any atom is -0.493 e. The zero-order valence-electron chi connectivity index (χ0n) is 16.4. The van der Waals surface area contributed by atoms with Crippen LogP contribution in [0, 0.1) is 6.92 Å². The molecule has 0 aliphatic carbocycles. The smallest absolute Gasteiger partial charge is 0.416 e. The average Bonchev–Trinajstić information content (AvgIpc) is 3.07. The number of halogens is 3. The van der Waals surface area contributed by atoms with Gasteiger partial charge in [0.15, 0.2) is 0 Å². The van der Waals surface area contributed by atoms with Gasteiger partial charge in [0, 0.05) is 16.4 Å². The van der Waals surface area contributed by atoms with Crippen molar-refractivity contribution in [1.29, 1.82) is 0 Å². The lowest BCUT2D eigenvalue weighted by molar-refractivity contribution is -0.138. The normalized spacial score (nSPS) is 12.6. The zero-order chi connectivity index (χ0) is 21.9. The fourth-order valence-corrected chi connectivity index (χ4v) is 4.11. The fraction of sp³-hybridized carbons (Fsp3) is 0.273. The molecule has 1 N–H and O–H groups in total. The number of aryl methyl sites for hydroxylation is 1. The van der Waals surface area contributed by atoms with Gasteiger partial charge in [-0.3, -0.25) is 4.79 Å². The molecule has 1 unspecified atom stereocenters. The Kier molecular flexibility index (Phi) is 6.45. The molecule has 1 atom stereocenters. The lowest BCUT2D eigenvalue weighted by Gasteiger charge is -2.13. The zero-order valence-corrected chi connectivity index (χ0v) is 17.2. The molecule has 158 valence electrons. The Morgan fingerprint density at radius 3 is 2.53 bits per heavy atom. The molecule has 0 spiro atoms. The number of carboxylic acids is 1.